The van der Waals surface area contributed by atoms with E-state index in [0.29, 0.717) is 31.2 Å². The van der Waals surface area contributed by atoms with Crippen molar-refractivity contribution in [3.63, 3.8) is 0 Å². The third kappa shape index (κ3) is 10.5. The average molecular weight is 772 g/mol. The Balaban J connectivity index is 0.00000177. The lowest BCUT2D eigenvalue weighted by Gasteiger charge is -2.32. The summed E-state index contributed by atoms with van der Waals surface area (Å²) >= 11 is 0. The first-order valence-electron chi connectivity index (χ1n) is 19.8. The Hall–Kier alpha value is -5.87. The normalized spacial score (nSPS) is 16.4. The minimum absolute atomic E-state index is 0.0328. The van der Waals surface area contributed by atoms with Gasteiger partial charge in [0.2, 0.25) is 17.7 Å². The van der Waals surface area contributed by atoms with E-state index in [9.17, 15) is 14.4 Å². The van der Waals surface area contributed by atoms with Crippen molar-refractivity contribution in [3.8, 4) is 23.6 Å². The first-order chi connectivity index (χ1) is 27.4. The average Bonchev–Trinajstić information content (AvgIpc) is 3.87. The fraction of sp³-hybridized carbons (Fsp3) is 0.432. The number of aromatic nitrogens is 5. The lowest BCUT2D eigenvalue weighted by Crippen LogP contribution is -2.47. The molecule has 1 unspecified atom stereocenters. The summed E-state index contributed by atoms with van der Waals surface area (Å²) in [6.45, 7) is 13.2. The topological polar surface area (TPSA) is 160 Å². The molecule has 2 saturated heterocycles. The van der Waals surface area contributed by atoms with E-state index >= 15 is 0 Å². The van der Waals surface area contributed by atoms with E-state index in [2.05, 4.69) is 96.0 Å². The minimum Gasteiger partial charge on any atom is -0.374 e. The second-order valence-electron chi connectivity index (χ2n) is 15.9. The number of nitrogens with one attached hydrogen (secondary N) is 3. The van der Waals surface area contributed by atoms with Crippen LogP contribution in [0.2, 0.25) is 0 Å². The van der Waals surface area contributed by atoms with E-state index in [1.807, 2.05) is 44.3 Å². The lowest BCUT2D eigenvalue weighted by atomic mass is 9.89. The number of hydrogen-bond acceptors (Lipinski definition) is 10. The van der Waals surface area contributed by atoms with Gasteiger partial charge in [0, 0.05) is 35.8 Å². The number of likely N-dealkylation sites (tertiary alicyclic amines) is 1. The molecule has 13 heteroatoms. The maximum atomic E-state index is 12.7. The van der Waals surface area contributed by atoms with Crippen molar-refractivity contribution >= 4 is 28.9 Å². The van der Waals surface area contributed by atoms with Gasteiger partial charge in [-0.25, -0.2) is 9.50 Å². The summed E-state index contributed by atoms with van der Waals surface area (Å²) in [5.41, 5.74) is 8.05. The molecule has 0 saturated carbocycles. The van der Waals surface area contributed by atoms with Crippen molar-refractivity contribution in [1.29, 1.82) is 0 Å². The third-order valence-corrected chi connectivity index (χ3v) is 10.5. The molecular formula is C44H53N9O4. The SMILES string of the molecule is C#CC.Cc1cc(-c2ncnn3cc(CCCCN4CCC(c5ccc(NC6CCC(=O)NC6=O)cc5)CC4)cc23)ccc1CNC(=O)c1noc(C(C)(C)C)n1. The number of hydrogen-bond donors (Lipinski definition) is 3. The molecule has 3 N–H and O–H groups in total. The van der Waals surface area contributed by atoms with Crippen molar-refractivity contribution in [2.45, 2.75) is 103 Å². The highest BCUT2D eigenvalue weighted by atomic mass is 16.5. The first kappa shape index (κ1) is 40.8. The number of unbranched alkanes of at least 4 members (excludes halogenated alkanes) is 1. The lowest BCUT2D eigenvalue weighted by molar-refractivity contribution is -0.133. The van der Waals surface area contributed by atoms with Gasteiger partial charge in [-0.15, -0.1) is 12.3 Å². The van der Waals surface area contributed by atoms with Crippen LogP contribution in [0.5, 0.6) is 0 Å². The predicted molar refractivity (Wildman–Crippen MR) is 219 cm³/mol. The van der Waals surface area contributed by atoms with Crippen LogP contribution in [0.25, 0.3) is 16.8 Å². The molecule has 2 aromatic carbocycles. The predicted octanol–water partition coefficient (Wildman–Crippen LogP) is 6.37. The van der Waals surface area contributed by atoms with Crippen molar-refractivity contribution < 1.29 is 18.9 Å². The smallest absolute Gasteiger partial charge is 0.292 e. The maximum Gasteiger partial charge on any atom is 0.292 e. The maximum absolute atomic E-state index is 12.7. The van der Waals surface area contributed by atoms with Gasteiger partial charge in [0.25, 0.3) is 11.7 Å². The van der Waals surface area contributed by atoms with Crippen LogP contribution in [0.3, 0.4) is 0 Å². The number of benzene rings is 2. The summed E-state index contributed by atoms with van der Waals surface area (Å²) in [5.74, 6) is 2.43. The molecule has 2 fully saturated rings. The molecule has 3 amide bonds. The van der Waals surface area contributed by atoms with Crippen molar-refractivity contribution in [1.82, 2.24) is 40.3 Å². The zero-order valence-corrected chi connectivity index (χ0v) is 33.6. The van der Waals surface area contributed by atoms with E-state index in [4.69, 9.17) is 4.52 Å². The zero-order valence-electron chi connectivity index (χ0n) is 33.6. The van der Waals surface area contributed by atoms with Gasteiger partial charge in [0.15, 0.2) is 0 Å². The second kappa shape index (κ2) is 18.4. The van der Waals surface area contributed by atoms with E-state index in [-0.39, 0.29) is 35.0 Å². The number of carbonyl (C=O) groups is 3. The monoisotopic (exact) mass is 771 g/mol. The van der Waals surface area contributed by atoms with Crippen LogP contribution in [-0.2, 0) is 28.0 Å². The molecule has 1 atom stereocenters. The van der Waals surface area contributed by atoms with Gasteiger partial charge in [0.05, 0.1) is 11.2 Å². The van der Waals surface area contributed by atoms with E-state index in [1.54, 1.807) is 13.3 Å². The fourth-order valence-corrected chi connectivity index (χ4v) is 7.30. The quantitative estimate of drug-likeness (QED) is 0.0739. The van der Waals surface area contributed by atoms with Crippen molar-refractivity contribution in [2.75, 3.05) is 25.0 Å². The van der Waals surface area contributed by atoms with Crippen LogP contribution in [-0.4, -0.2) is 73.0 Å². The van der Waals surface area contributed by atoms with Crippen LogP contribution < -0.4 is 16.0 Å². The number of rotatable bonds is 12. The van der Waals surface area contributed by atoms with Gasteiger partial charge in [-0.1, -0.05) is 50.2 Å². The Morgan fingerprint density at radius 3 is 2.49 bits per heavy atom. The summed E-state index contributed by atoms with van der Waals surface area (Å²) in [5, 5.41) is 16.9. The van der Waals surface area contributed by atoms with Crippen molar-refractivity contribution in [3.05, 3.63) is 95.0 Å². The molecule has 13 nitrogen and oxygen atoms in total. The van der Waals surface area contributed by atoms with Gasteiger partial charge >= 0.3 is 0 Å². The largest absolute Gasteiger partial charge is 0.374 e. The third-order valence-electron chi connectivity index (χ3n) is 10.5. The Morgan fingerprint density at radius 2 is 1.81 bits per heavy atom. The summed E-state index contributed by atoms with van der Waals surface area (Å²) in [6, 6.07) is 16.4. The van der Waals surface area contributed by atoms with Gasteiger partial charge in [0.1, 0.15) is 12.4 Å². The number of nitrogens with zero attached hydrogens (tertiary/aromatic N) is 6. The van der Waals surface area contributed by atoms with Crippen LogP contribution in [0, 0.1) is 19.3 Å². The van der Waals surface area contributed by atoms with Crippen LogP contribution in [0.4, 0.5) is 5.69 Å². The molecule has 57 heavy (non-hydrogen) atoms. The molecule has 2 aliphatic rings. The Morgan fingerprint density at radius 1 is 1.05 bits per heavy atom. The number of amides is 3. The molecule has 0 aliphatic carbocycles. The summed E-state index contributed by atoms with van der Waals surface area (Å²) in [4.78, 5) is 47.7. The minimum atomic E-state index is -0.372. The molecule has 3 aromatic heterocycles. The van der Waals surface area contributed by atoms with Crippen LogP contribution in [0.1, 0.15) is 111 Å². The van der Waals surface area contributed by atoms with Crippen LogP contribution >= 0.6 is 0 Å². The van der Waals surface area contributed by atoms with Gasteiger partial charge in [-0.3, -0.25) is 19.7 Å². The summed E-state index contributed by atoms with van der Waals surface area (Å²) < 4.78 is 7.18. The molecule has 5 aromatic rings. The number of imide groups is 1. The molecular weight excluding hydrogens is 719 g/mol. The highest BCUT2D eigenvalue weighted by molar-refractivity contribution is 6.01. The molecule has 0 spiro atoms. The Labute approximate surface area is 334 Å². The molecule has 7 rings (SSSR count). The number of fused-ring (bicyclic) bond motifs is 1. The molecule has 298 valence electrons. The fourth-order valence-electron chi connectivity index (χ4n) is 7.30. The zero-order chi connectivity index (χ0) is 40.5. The van der Waals surface area contributed by atoms with E-state index in [0.717, 1.165) is 85.3 Å². The van der Waals surface area contributed by atoms with Crippen molar-refractivity contribution in [2.24, 2.45) is 0 Å². The first-order valence-corrected chi connectivity index (χ1v) is 19.8. The highest BCUT2D eigenvalue weighted by Crippen LogP contribution is 2.30. The standard InChI is InChI=1S/C41H49N9O4.C3H4/c1-26-21-30(8-9-31(26)23-42-39(53)37-47-40(54-48-37)41(2,3)4)36-34-22-27(24-50(34)44-25-43-36)7-5-6-18-49-19-16-29(17-20-49)28-10-12-32(13-11-28)45-33-14-15-35(51)46-38(33)52;1-3-2/h8-13,21-22,24-25,29,33,45H,5-7,14-20,23H2,1-4H3,(H,42,53)(H,46,51,52);1H,2H3. The molecule has 0 radical (unpaired) electrons. The van der Waals surface area contributed by atoms with Gasteiger partial charge < -0.3 is 20.1 Å². The van der Waals surface area contributed by atoms with E-state index in [1.165, 1.54) is 11.1 Å². The van der Waals surface area contributed by atoms with Gasteiger partial charge in [-0.05, 0) is 124 Å². The van der Waals surface area contributed by atoms with Crippen LogP contribution in [0.15, 0.2) is 65.6 Å². The number of carbonyl (C=O) groups excluding carboxylic acids is 3. The Kier molecular flexibility index (Phi) is 13.2. The second-order valence-corrected chi connectivity index (χ2v) is 15.9. The summed E-state index contributed by atoms with van der Waals surface area (Å²) in [7, 11) is 0. The molecule has 5 heterocycles. The molecule has 2 aliphatic heterocycles. The summed E-state index contributed by atoms with van der Waals surface area (Å²) in [6.07, 6.45) is 14.7. The van der Waals surface area contributed by atoms with E-state index < -0.39 is 0 Å². The highest BCUT2D eigenvalue weighted by Gasteiger charge is 2.27. The number of aryl methyl sites for hydroxylation is 2. The number of terminal acetylenes is 1. The van der Waals surface area contributed by atoms with Gasteiger partial charge in [-0.2, -0.15) is 10.1 Å². The number of anilines is 1. The Bertz CT molecular complexity index is 2220. The molecule has 0 bridgehead atoms. The number of piperidine rings is 2.